The zero-order valence-corrected chi connectivity index (χ0v) is 18.2. The summed E-state index contributed by atoms with van der Waals surface area (Å²) in [6, 6.07) is 7.92. The molecule has 3 heterocycles. The molecule has 29 heavy (non-hydrogen) atoms. The lowest BCUT2D eigenvalue weighted by Crippen LogP contribution is -2.24. The summed E-state index contributed by atoms with van der Waals surface area (Å²) in [5.41, 5.74) is 2.12. The molecule has 6 nitrogen and oxygen atoms in total. The average Bonchev–Trinajstić information content (AvgIpc) is 3.42. The maximum absolute atomic E-state index is 12.7. The summed E-state index contributed by atoms with van der Waals surface area (Å²) >= 11 is 4.45. The van der Waals surface area contributed by atoms with Crippen LogP contribution in [0, 0.1) is 0 Å². The Morgan fingerprint density at radius 1 is 1.21 bits per heavy atom. The van der Waals surface area contributed by atoms with E-state index in [1.807, 2.05) is 36.6 Å². The molecule has 0 radical (unpaired) electrons. The Balaban J connectivity index is 1.66. The number of methoxy groups -OCH3 is 1. The highest BCUT2D eigenvalue weighted by Crippen LogP contribution is 2.40. The molecule has 1 unspecified atom stereocenters. The average molecular weight is 443 g/mol. The van der Waals surface area contributed by atoms with Crippen LogP contribution in [0.3, 0.4) is 0 Å². The molecule has 0 saturated carbocycles. The van der Waals surface area contributed by atoms with Gasteiger partial charge in [-0.1, -0.05) is 30.8 Å². The van der Waals surface area contributed by atoms with Gasteiger partial charge in [0.1, 0.15) is 21.9 Å². The minimum atomic E-state index is -0.277. The Hall–Kier alpha value is -2.49. The number of thioether (sulfide) groups is 1. The van der Waals surface area contributed by atoms with E-state index in [-0.39, 0.29) is 11.2 Å². The van der Waals surface area contributed by atoms with Crippen LogP contribution in [-0.2, 0) is 4.79 Å². The number of carbonyl (C=O) groups excluding carboxylic acids is 1. The van der Waals surface area contributed by atoms with E-state index in [1.165, 1.54) is 23.1 Å². The predicted molar refractivity (Wildman–Crippen MR) is 120 cm³/mol. The molecule has 0 fully saturated rings. The Labute approximate surface area is 180 Å². The Bertz CT molecular complexity index is 1110. The summed E-state index contributed by atoms with van der Waals surface area (Å²) in [4.78, 5) is 26.7. The maximum atomic E-state index is 12.7. The van der Waals surface area contributed by atoms with Crippen LogP contribution in [0.15, 0.2) is 52.6 Å². The van der Waals surface area contributed by atoms with Crippen molar-refractivity contribution in [2.45, 2.75) is 23.6 Å². The molecule has 1 N–H and O–H groups in total. The lowest BCUT2D eigenvalue weighted by atomic mass is 10.1. The highest BCUT2D eigenvalue weighted by molar-refractivity contribution is 8.00. The van der Waals surface area contributed by atoms with E-state index >= 15 is 0 Å². The van der Waals surface area contributed by atoms with Gasteiger partial charge in [-0.15, -0.1) is 22.7 Å². The van der Waals surface area contributed by atoms with Crippen molar-refractivity contribution >= 4 is 55.7 Å². The number of hydrogen-bond acceptors (Lipinski definition) is 8. The fourth-order valence-corrected chi connectivity index (χ4v) is 5.40. The molecule has 0 aliphatic rings. The Morgan fingerprint density at radius 2 is 2.03 bits per heavy atom. The van der Waals surface area contributed by atoms with Gasteiger partial charge < -0.3 is 10.1 Å². The second-order valence-corrected chi connectivity index (χ2v) is 9.02. The second kappa shape index (κ2) is 8.89. The topological polar surface area (TPSA) is 77.0 Å². The summed E-state index contributed by atoms with van der Waals surface area (Å²) in [7, 11) is 1.65. The number of anilines is 1. The Kier molecular flexibility index (Phi) is 6.08. The number of thiophene rings is 1. The first-order chi connectivity index (χ1) is 14.2. The van der Waals surface area contributed by atoms with Crippen LogP contribution in [0.1, 0.15) is 13.3 Å². The van der Waals surface area contributed by atoms with Crippen LogP contribution in [0.4, 0.5) is 5.13 Å². The number of nitrogens with one attached hydrogen (secondary N) is 1. The lowest BCUT2D eigenvalue weighted by Gasteiger charge is -2.14. The number of ether oxygens (including phenoxy) is 1. The number of nitrogens with zero attached hydrogens (tertiary/aromatic N) is 3. The second-order valence-electron chi connectivity index (χ2n) is 6.08. The van der Waals surface area contributed by atoms with E-state index in [2.05, 4.69) is 25.6 Å². The predicted octanol–water partition coefficient (Wildman–Crippen LogP) is 5.33. The molecule has 0 aliphatic heterocycles. The summed E-state index contributed by atoms with van der Waals surface area (Å²) in [6.07, 6.45) is 3.91. The van der Waals surface area contributed by atoms with E-state index in [1.54, 1.807) is 31.0 Å². The van der Waals surface area contributed by atoms with Gasteiger partial charge in [0, 0.05) is 22.5 Å². The number of aromatic nitrogens is 3. The van der Waals surface area contributed by atoms with Gasteiger partial charge in [-0.2, -0.15) is 0 Å². The molecule has 3 aromatic heterocycles. The molecule has 148 valence electrons. The smallest absolute Gasteiger partial charge is 0.239 e. The lowest BCUT2D eigenvalue weighted by molar-refractivity contribution is -0.115. The SMILES string of the molecule is CCC(Sc1ncnc2scc(-c3ccc(OC)cc3)c12)C(=O)Nc1nccs1. The number of carbonyl (C=O) groups is 1. The van der Waals surface area contributed by atoms with E-state index in [9.17, 15) is 4.79 Å². The number of fused-ring (bicyclic) bond motifs is 1. The minimum Gasteiger partial charge on any atom is -0.497 e. The van der Waals surface area contributed by atoms with Gasteiger partial charge >= 0.3 is 0 Å². The summed E-state index contributed by atoms with van der Waals surface area (Å²) in [6.45, 7) is 2.00. The van der Waals surface area contributed by atoms with Gasteiger partial charge in [-0.3, -0.25) is 4.79 Å². The molecule has 4 aromatic rings. The molecule has 0 aliphatic carbocycles. The normalized spacial score (nSPS) is 12.1. The highest BCUT2D eigenvalue weighted by atomic mass is 32.2. The largest absolute Gasteiger partial charge is 0.497 e. The molecule has 0 bridgehead atoms. The number of benzene rings is 1. The number of hydrogen-bond donors (Lipinski definition) is 1. The van der Waals surface area contributed by atoms with Gasteiger partial charge in [0.15, 0.2) is 5.13 Å². The van der Waals surface area contributed by atoms with Crippen LogP contribution in [0.2, 0.25) is 0 Å². The van der Waals surface area contributed by atoms with E-state index < -0.39 is 0 Å². The van der Waals surface area contributed by atoms with E-state index in [0.29, 0.717) is 11.6 Å². The number of rotatable bonds is 7. The molecular formula is C20H18N4O2S3. The van der Waals surface area contributed by atoms with Crippen LogP contribution in [-0.4, -0.2) is 33.2 Å². The molecule has 1 atom stereocenters. The zero-order chi connectivity index (χ0) is 20.2. The monoisotopic (exact) mass is 442 g/mol. The first-order valence-corrected chi connectivity index (χ1v) is 11.6. The van der Waals surface area contributed by atoms with Gasteiger partial charge in [-0.25, -0.2) is 15.0 Å². The van der Waals surface area contributed by atoms with Crippen LogP contribution >= 0.6 is 34.4 Å². The van der Waals surface area contributed by atoms with Gasteiger partial charge in [-0.05, 0) is 24.1 Å². The number of amides is 1. The third-order valence-electron chi connectivity index (χ3n) is 4.32. The van der Waals surface area contributed by atoms with E-state index in [0.717, 1.165) is 32.1 Å². The summed E-state index contributed by atoms with van der Waals surface area (Å²) in [5.74, 6) is 0.740. The molecule has 1 aromatic carbocycles. The van der Waals surface area contributed by atoms with Crippen LogP contribution in [0.5, 0.6) is 5.75 Å². The summed E-state index contributed by atoms with van der Waals surface area (Å²) in [5, 5.41) is 8.93. The van der Waals surface area contributed by atoms with Crippen molar-refractivity contribution in [3.05, 3.63) is 47.5 Å². The summed E-state index contributed by atoms with van der Waals surface area (Å²) < 4.78 is 5.26. The van der Waals surface area contributed by atoms with E-state index in [4.69, 9.17) is 4.74 Å². The number of thiazole rings is 1. The molecule has 0 spiro atoms. The van der Waals surface area contributed by atoms with Crippen LogP contribution in [0.25, 0.3) is 21.3 Å². The fraction of sp³-hybridized carbons (Fsp3) is 0.200. The quantitative estimate of drug-likeness (QED) is 0.308. The molecule has 4 rings (SSSR count). The standard InChI is InChI=1S/C20H18N4O2S3/c1-3-15(17(25)24-20-21-8-9-27-20)29-19-16-14(10-28-18(16)22-11-23-19)12-4-6-13(26-2)7-5-12/h4-11,15H,3H2,1-2H3,(H,21,24,25). The van der Waals surface area contributed by atoms with Gasteiger partial charge in [0.2, 0.25) is 5.91 Å². The highest BCUT2D eigenvalue weighted by Gasteiger charge is 2.22. The fourth-order valence-electron chi connectivity index (χ4n) is 2.85. The third-order valence-corrected chi connectivity index (χ3v) is 7.26. The minimum absolute atomic E-state index is 0.0690. The van der Waals surface area contributed by atoms with Crippen molar-refractivity contribution in [2.75, 3.05) is 12.4 Å². The van der Waals surface area contributed by atoms with Crippen molar-refractivity contribution in [1.29, 1.82) is 0 Å². The van der Waals surface area contributed by atoms with Crippen LogP contribution < -0.4 is 10.1 Å². The van der Waals surface area contributed by atoms with Crippen molar-refractivity contribution in [3.8, 4) is 16.9 Å². The Morgan fingerprint density at radius 3 is 2.72 bits per heavy atom. The molecule has 0 saturated heterocycles. The van der Waals surface area contributed by atoms with Crippen molar-refractivity contribution in [2.24, 2.45) is 0 Å². The van der Waals surface area contributed by atoms with Gasteiger partial charge in [0.25, 0.3) is 0 Å². The van der Waals surface area contributed by atoms with Crippen molar-refractivity contribution < 1.29 is 9.53 Å². The maximum Gasteiger partial charge on any atom is 0.239 e. The molecule has 9 heteroatoms. The van der Waals surface area contributed by atoms with Crippen molar-refractivity contribution in [1.82, 2.24) is 15.0 Å². The first kappa shape index (κ1) is 19.8. The van der Waals surface area contributed by atoms with Gasteiger partial charge in [0.05, 0.1) is 17.7 Å². The molecule has 1 amide bonds. The molecular weight excluding hydrogens is 424 g/mol. The third kappa shape index (κ3) is 4.26. The zero-order valence-electron chi connectivity index (χ0n) is 15.8. The first-order valence-electron chi connectivity index (χ1n) is 8.93. The van der Waals surface area contributed by atoms with Crippen molar-refractivity contribution in [3.63, 3.8) is 0 Å².